The van der Waals surface area contributed by atoms with Crippen LogP contribution < -0.4 is 0 Å². The number of hydrogen-bond donors (Lipinski definition) is 0. The SMILES string of the molecule is CC(c1cccc([N+](=O)[O-])c1)N1CCCC(c2nc(-c3ccc(F)cc3)no2)C1. The van der Waals surface area contributed by atoms with E-state index in [9.17, 15) is 14.5 Å². The van der Waals surface area contributed by atoms with E-state index in [1.807, 2.05) is 6.07 Å². The van der Waals surface area contributed by atoms with Crippen LogP contribution >= 0.6 is 0 Å². The van der Waals surface area contributed by atoms with Gasteiger partial charge in [-0.1, -0.05) is 17.3 Å². The van der Waals surface area contributed by atoms with E-state index in [4.69, 9.17) is 4.52 Å². The molecule has 29 heavy (non-hydrogen) atoms. The maximum absolute atomic E-state index is 13.1. The molecule has 2 heterocycles. The summed E-state index contributed by atoms with van der Waals surface area (Å²) in [4.78, 5) is 17.5. The van der Waals surface area contributed by atoms with Crippen molar-refractivity contribution in [2.24, 2.45) is 0 Å². The van der Waals surface area contributed by atoms with Gasteiger partial charge < -0.3 is 4.52 Å². The Kier molecular flexibility index (Phi) is 5.35. The van der Waals surface area contributed by atoms with Crippen molar-refractivity contribution < 1.29 is 13.8 Å². The van der Waals surface area contributed by atoms with E-state index >= 15 is 0 Å². The van der Waals surface area contributed by atoms with Crippen LogP contribution in [-0.2, 0) is 0 Å². The molecular weight excluding hydrogens is 375 g/mol. The van der Waals surface area contributed by atoms with E-state index in [2.05, 4.69) is 22.0 Å². The largest absolute Gasteiger partial charge is 0.339 e. The average Bonchev–Trinajstić information content (AvgIpc) is 3.24. The molecule has 0 bridgehead atoms. The highest BCUT2D eigenvalue weighted by atomic mass is 19.1. The molecule has 8 heteroatoms. The lowest BCUT2D eigenvalue weighted by Gasteiger charge is -2.35. The van der Waals surface area contributed by atoms with Crippen LogP contribution in [0.4, 0.5) is 10.1 Å². The zero-order valence-electron chi connectivity index (χ0n) is 16.0. The smallest absolute Gasteiger partial charge is 0.269 e. The lowest BCUT2D eigenvalue weighted by Crippen LogP contribution is -2.36. The summed E-state index contributed by atoms with van der Waals surface area (Å²) in [5, 5.41) is 15.1. The summed E-state index contributed by atoms with van der Waals surface area (Å²) >= 11 is 0. The molecule has 1 aliphatic rings. The summed E-state index contributed by atoms with van der Waals surface area (Å²) in [6.07, 6.45) is 1.90. The Morgan fingerprint density at radius 2 is 2.07 bits per heavy atom. The lowest BCUT2D eigenvalue weighted by molar-refractivity contribution is -0.385. The monoisotopic (exact) mass is 396 g/mol. The van der Waals surface area contributed by atoms with Crippen LogP contribution in [0.5, 0.6) is 0 Å². The Morgan fingerprint density at radius 3 is 2.83 bits per heavy atom. The van der Waals surface area contributed by atoms with E-state index in [0.717, 1.165) is 31.5 Å². The van der Waals surface area contributed by atoms with Gasteiger partial charge in [-0.2, -0.15) is 4.98 Å². The number of nitro groups is 1. The number of aromatic nitrogens is 2. The predicted molar refractivity (Wildman–Crippen MR) is 105 cm³/mol. The molecule has 0 radical (unpaired) electrons. The van der Waals surface area contributed by atoms with Crippen molar-refractivity contribution >= 4 is 5.69 Å². The topological polar surface area (TPSA) is 85.3 Å². The minimum Gasteiger partial charge on any atom is -0.339 e. The summed E-state index contributed by atoms with van der Waals surface area (Å²) in [5.74, 6) is 0.797. The third-order valence-electron chi connectivity index (χ3n) is 5.46. The van der Waals surface area contributed by atoms with Gasteiger partial charge in [0.15, 0.2) is 0 Å². The molecule has 2 unspecified atom stereocenters. The van der Waals surface area contributed by atoms with Gasteiger partial charge in [0.05, 0.1) is 10.8 Å². The highest BCUT2D eigenvalue weighted by Gasteiger charge is 2.29. The molecule has 0 saturated carbocycles. The minimum absolute atomic E-state index is 0.0391. The average molecular weight is 396 g/mol. The highest BCUT2D eigenvalue weighted by Crippen LogP contribution is 2.33. The van der Waals surface area contributed by atoms with E-state index < -0.39 is 0 Å². The number of nitrogens with zero attached hydrogens (tertiary/aromatic N) is 4. The van der Waals surface area contributed by atoms with Crippen LogP contribution in [0.3, 0.4) is 0 Å². The fourth-order valence-corrected chi connectivity index (χ4v) is 3.79. The first kappa shape index (κ1) is 19.2. The lowest BCUT2D eigenvalue weighted by atomic mass is 9.95. The Bertz CT molecular complexity index is 1010. The van der Waals surface area contributed by atoms with Crippen molar-refractivity contribution in [3.05, 3.63) is 75.9 Å². The number of nitro benzene ring substituents is 1. The predicted octanol–water partition coefficient (Wildman–Crippen LogP) is 4.72. The minimum atomic E-state index is -0.370. The van der Waals surface area contributed by atoms with Gasteiger partial charge in [0.2, 0.25) is 11.7 Å². The number of likely N-dealkylation sites (tertiary alicyclic amines) is 1. The van der Waals surface area contributed by atoms with Crippen LogP contribution in [-0.4, -0.2) is 33.1 Å². The molecular formula is C21H21FN4O3. The molecule has 3 aromatic rings. The quantitative estimate of drug-likeness (QED) is 0.458. The van der Waals surface area contributed by atoms with Gasteiger partial charge in [-0.15, -0.1) is 0 Å². The second-order valence-electron chi connectivity index (χ2n) is 7.33. The molecule has 1 aromatic heterocycles. The molecule has 1 aliphatic heterocycles. The summed E-state index contributed by atoms with van der Waals surface area (Å²) in [7, 11) is 0. The summed E-state index contributed by atoms with van der Waals surface area (Å²) in [6, 6.07) is 12.8. The fraction of sp³-hybridized carbons (Fsp3) is 0.333. The van der Waals surface area contributed by atoms with Gasteiger partial charge in [-0.3, -0.25) is 15.0 Å². The Hall–Kier alpha value is -3.13. The van der Waals surface area contributed by atoms with Crippen molar-refractivity contribution in [2.45, 2.75) is 31.7 Å². The maximum Gasteiger partial charge on any atom is 0.269 e. The van der Waals surface area contributed by atoms with E-state index in [-0.39, 0.29) is 28.4 Å². The van der Waals surface area contributed by atoms with Crippen molar-refractivity contribution in [2.75, 3.05) is 13.1 Å². The van der Waals surface area contributed by atoms with Crippen LogP contribution in [0.15, 0.2) is 53.1 Å². The Balaban J connectivity index is 1.49. The molecule has 0 aliphatic carbocycles. The number of benzene rings is 2. The molecule has 2 atom stereocenters. The fourth-order valence-electron chi connectivity index (χ4n) is 3.79. The standard InChI is InChI=1S/C21H21FN4O3/c1-14(16-4-2-6-19(12-16)26(27)28)25-11-3-5-17(13-25)21-23-20(24-29-21)15-7-9-18(22)10-8-15/h2,4,6-10,12,14,17H,3,5,11,13H2,1H3. The molecule has 0 amide bonds. The third kappa shape index (κ3) is 4.17. The number of rotatable bonds is 5. The number of hydrogen-bond acceptors (Lipinski definition) is 6. The van der Waals surface area contributed by atoms with E-state index in [1.165, 1.54) is 18.2 Å². The van der Waals surface area contributed by atoms with Crippen molar-refractivity contribution in [3.63, 3.8) is 0 Å². The third-order valence-corrected chi connectivity index (χ3v) is 5.46. The van der Waals surface area contributed by atoms with Gasteiger partial charge in [0.1, 0.15) is 5.82 Å². The van der Waals surface area contributed by atoms with Crippen LogP contribution in [0, 0.1) is 15.9 Å². The normalized spacial score (nSPS) is 18.5. The van der Waals surface area contributed by atoms with Gasteiger partial charge in [0, 0.05) is 30.3 Å². The number of piperidine rings is 1. The van der Waals surface area contributed by atoms with Crippen LogP contribution in [0.25, 0.3) is 11.4 Å². The van der Waals surface area contributed by atoms with Gasteiger partial charge in [0.25, 0.3) is 5.69 Å². The molecule has 1 fully saturated rings. The van der Waals surface area contributed by atoms with Crippen molar-refractivity contribution in [3.8, 4) is 11.4 Å². The highest BCUT2D eigenvalue weighted by molar-refractivity contribution is 5.53. The summed E-state index contributed by atoms with van der Waals surface area (Å²) in [6.45, 7) is 3.69. The first-order chi connectivity index (χ1) is 14.0. The zero-order valence-corrected chi connectivity index (χ0v) is 16.0. The van der Waals surface area contributed by atoms with Crippen LogP contribution in [0.2, 0.25) is 0 Å². The summed E-state index contributed by atoms with van der Waals surface area (Å²) < 4.78 is 18.6. The van der Waals surface area contributed by atoms with Crippen LogP contribution in [0.1, 0.15) is 43.2 Å². The van der Waals surface area contributed by atoms with Crippen molar-refractivity contribution in [1.82, 2.24) is 15.0 Å². The van der Waals surface area contributed by atoms with E-state index in [1.54, 1.807) is 24.3 Å². The second-order valence-corrected chi connectivity index (χ2v) is 7.33. The molecule has 4 rings (SSSR count). The Morgan fingerprint density at radius 1 is 1.28 bits per heavy atom. The molecule has 0 N–H and O–H groups in total. The second kappa shape index (κ2) is 8.08. The molecule has 150 valence electrons. The van der Waals surface area contributed by atoms with Gasteiger partial charge in [-0.25, -0.2) is 4.39 Å². The molecule has 7 nitrogen and oxygen atoms in total. The first-order valence-corrected chi connectivity index (χ1v) is 9.59. The zero-order chi connectivity index (χ0) is 20.4. The molecule has 0 spiro atoms. The summed E-state index contributed by atoms with van der Waals surface area (Å²) in [5.41, 5.74) is 1.72. The Labute approximate surface area is 167 Å². The van der Waals surface area contributed by atoms with E-state index in [0.29, 0.717) is 17.3 Å². The number of halogens is 1. The van der Waals surface area contributed by atoms with Gasteiger partial charge >= 0.3 is 0 Å². The number of non-ortho nitro benzene ring substituents is 1. The van der Waals surface area contributed by atoms with Gasteiger partial charge in [-0.05, 0) is 56.1 Å². The maximum atomic E-state index is 13.1. The molecule has 1 saturated heterocycles. The molecule has 2 aromatic carbocycles. The first-order valence-electron chi connectivity index (χ1n) is 9.59. The van der Waals surface area contributed by atoms with Crippen molar-refractivity contribution in [1.29, 1.82) is 0 Å².